The van der Waals surface area contributed by atoms with E-state index < -0.39 is 11.9 Å². The summed E-state index contributed by atoms with van der Waals surface area (Å²) in [7, 11) is 0. The van der Waals surface area contributed by atoms with E-state index in [0.29, 0.717) is 25.1 Å². The second-order valence-corrected chi connectivity index (χ2v) is 5.33. The fraction of sp³-hybridized carbons (Fsp3) is 0.333. The van der Waals surface area contributed by atoms with E-state index in [1.165, 1.54) is 6.33 Å². The number of likely N-dealkylation sites (tertiary alicyclic amines) is 1. The van der Waals surface area contributed by atoms with E-state index in [2.05, 4.69) is 10.1 Å². The van der Waals surface area contributed by atoms with E-state index in [4.69, 9.17) is 5.11 Å². The maximum absolute atomic E-state index is 12.7. The summed E-state index contributed by atoms with van der Waals surface area (Å²) in [5.41, 5.74) is 1.43. The molecule has 22 heavy (non-hydrogen) atoms. The third-order valence-electron chi connectivity index (χ3n) is 3.87. The van der Waals surface area contributed by atoms with Gasteiger partial charge < -0.3 is 10.0 Å². The first kappa shape index (κ1) is 14.2. The molecule has 7 nitrogen and oxygen atoms in total. The highest BCUT2D eigenvalue weighted by Gasteiger charge is 2.31. The Hall–Kier alpha value is -2.70. The second kappa shape index (κ2) is 5.97. The monoisotopic (exact) mass is 300 g/mol. The molecule has 1 atom stereocenters. The highest BCUT2D eigenvalue weighted by Crippen LogP contribution is 2.21. The summed E-state index contributed by atoms with van der Waals surface area (Å²) in [5, 5.41) is 13.1. The van der Waals surface area contributed by atoms with Gasteiger partial charge in [0.25, 0.3) is 5.91 Å². The maximum Gasteiger partial charge on any atom is 0.308 e. The average Bonchev–Trinajstić information content (AvgIpc) is 3.18. The number of carbonyl (C=O) groups is 2. The lowest BCUT2D eigenvalue weighted by Gasteiger charge is -2.18. The van der Waals surface area contributed by atoms with Crippen molar-refractivity contribution in [2.75, 3.05) is 13.1 Å². The molecule has 114 valence electrons. The van der Waals surface area contributed by atoms with Gasteiger partial charge in [-0.25, -0.2) is 9.67 Å². The van der Waals surface area contributed by atoms with Crippen LogP contribution in [0.3, 0.4) is 0 Å². The minimum Gasteiger partial charge on any atom is -0.481 e. The number of benzene rings is 1. The van der Waals surface area contributed by atoms with Crippen LogP contribution in [0.4, 0.5) is 0 Å². The molecule has 0 bridgehead atoms. The van der Waals surface area contributed by atoms with Crippen LogP contribution in [0.1, 0.15) is 22.3 Å². The van der Waals surface area contributed by atoms with Gasteiger partial charge in [0, 0.05) is 18.7 Å². The number of amides is 1. The van der Waals surface area contributed by atoms with Crippen molar-refractivity contribution in [2.45, 2.75) is 13.0 Å². The van der Waals surface area contributed by atoms with E-state index in [1.807, 2.05) is 18.2 Å². The molecule has 0 spiro atoms. The van der Waals surface area contributed by atoms with Crippen LogP contribution in [0.5, 0.6) is 0 Å². The van der Waals surface area contributed by atoms with Crippen molar-refractivity contribution >= 4 is 11.9 Å². The summed E-state index contributed by atoms with van der Waals surface area (Å²) in [6.45, 7) is 1.21. The molecule has 1 aliphatic rings. The molecule has 1 aromatic heterocycles. The van der Waals surface area contributed by atoms with E-state index >= 15 is 0 Å². The van der Waals surface area contributed by atoms with Crippen LogP contribution in [0.25, 0.3) is 0 Å². The maximum atomic E-state index is 12.7. The normalized spacial score (nSPS) is 17.6. The molecule has 1 aromatic carbocycles. The molecule has 1 unspecified atom stereocenters. The third kappa shape index (κ3) is 2.83. The lowest BCUT2D eigenvalue weighted by Crippen LogP contribution is -2.30. The first-order chi connectivity index (χ1) is 10.6. The van der Waals surface area contributed by atoms with Crippen molar-refractivity contribution in [3.05, 3.63) is 48.0 Å². The van der Waals surface area contributed by atoms with Crippen molar-refractivity contribution < 1.29 is 14.7 Å². The van der Waals surface area contributed by atoms with Gasteiger partial charge in [-0.1, -0.05) is 18.2 Å². The minimum atomic E-state index is -0.841. The van der Waals surface area contributed by atoms with Crippen molar-refractivity contribution in [3.8, 4) is 0 Å². The number of carboxylic acid groups (broad SMARTS) is 1. The van der Waals surface area contributed by atoms with Gasteiger partial charge in [-0.15, -0.1) is 0 Å². The predicted molar refractivity (Wildman–Crippen MR) is 77.2 cm³/mol. The minimum absolute atomic E-state index is 0.125. The van der Waals surface area contributed by atoms with Crippen LogP contribution in [-0.2, 0) is 11.3 Å². The molecule has 7 heteroatoms. The molecule has 0 saturated carbocycles. The Bertz CT molecular complexity index is 684. The summed E-state index contributed by atoms with van der Waals surface area (Å²) in [6.07, 6.45) is 3.55. The van der Waals surface area contributed by atoms with E-state index in [-0.39, 0.29) is 12.5 Å². The lowest BCUT2D eigenvalue weighted by molar-refractivity contribution is -0.141. The first-order valence-electron chi connectivity index (χ1n) is 7.07. The highest BCUT2D eigenvalue weighted by atomic mass is 16.4. The molecule has 1 amide bonds. The van der Waals surface area contributed by atoms with Gasteiger partial charge in [0.1, 0.15) is 12.7 Å². The number of nitrogens with zero attached hydrogens (tertiary/aromatic N) is 4. The number of hydrogen-bond donors (Lipinski definition) is 1. The van der Waals surface area contributed by atoms with Crippen LogP contribution >= 0.6 is 0 Å². The molecule has 2 aromatic rings. The molecular formula is C15H16N4O3. The summed E-state index contributed by atoms with van der Waals surface area (Å²) in [5.74, 6) is -1.43. The van der Waals surface area contributed by atoms with E-state index in [9.17, 15) is 9.59 Å². The Morgan fingerprint density at radius 1 is 1.32 bits per heavy atom. The number of aliphatic carboxylic acids is 1. The standard InChI is InChI=1S/C15H16N4O3/c20-14(18-6-5-12(7-18)15(21)22)13-4-2-1-3-11(13)8-19-10-16-9-17-19/h1-4,9-10,12H,5-8H2,(H,21,22). The summed E-state index contributed by atoms with van der Waals surface area (Å²) in [4.78, 5) is 29.2. The lowest BCUT2D eigenvalue weighted by atomic mass is 10.1. The molecule has 1 saturated heterocycles. The van der Waals surface area contributed by atoms with Gasteiger partial charge in [0.15, 0.2) is 0 Å². The second-order valence-electron chi connectivity index (χ2n) is 5.33. The van der Waals surface area contributed by atoms with Crippen LogP contribution in [-0.4, -0.2) is 49.7 Å². The van der Waals surface area contributed by atoms with Gasteiger partial charge >= 0.3 is 5.97 Å². The number of rotatable bonds is 4. The molecule has 0 aliphatic carbocycles. The van der Waals surface area contributed by atoms with Gasteiger partial charge in [0.2, 0.25) is 0 Å². The Kier molecular flexibility index (Phi) is 3.86. The van der Waals surface area contributed by atoms with Crippen LogP contribution in [0.2, 0.25) is 0 Å². The Labute approximate surface area is 127 Å². The zero-order chi connectivity index (χ0) is 15.5. The third-order valence-corrected chi connectivity index (χ3v) is 3.87. The van der Waals surface area contributed by atoms with E-state index in [0.717, 1.165) is 5.56 Å². The molecular weight excluding hydrogens is 284 g/mol. The van der Waals surface area contributed by atoms with Gasteiger partial charge in [0.05, 0.1) is 12.5 Å². The van der Waals surface area contributed by atoms with Gasteiger partial charge in [-0.3, -0.25) is 9.59 Å². The van der Waals surface area contributed by atoms with Crippen LogP contribution in [0.15, 0.2) is 36.9 Å². The van der Waals surface area contributed by atoms with Crippen molar-refractivity contribution in [1.29, 1.82) is 0 Å². The van der Waals surface area contributed by atoms with Gasteiger partial charge in [-0.2, -0.15) is 5.10 Å². The molecule has 1 fully saturated rings. The SMILES string of the molecule is O=C(O)C1CCN(C(=O)c2ccccc2Cn2cncn2)C1. The fourth-order valence-corrected chi connectivity index (χ4v) is 2.67. The summed E-state index contributed by atoms with van der Waals surface area (Å²) in [6, 6.07) is 7.32. The highest BCUT2D eigenvalue weighted by molar-refractivity contribution is 5.96. The molecule has 2 heterocycles. The Morgan fingerprint density at radius 2 is 2.14 bits per heavy atom. The first-order valence-corrected chi connectivity index (χ1v) is 7.07. The Morgan fingerprint density at radius 3 is 2.82 bits per heavy atom. The number of carboxylic acids is 1. The number of carbonyl (C=O) groups excluding carboxylic acids is 1. The van der Waals surface area contributed by atoms with Gasteiger partial charge in [-0.05, 0) is 18.1 Å². The van der Waals surface area contributed by atoms with Crippen molar-refractivity contribution in [1.82, 2.24) is 19.7 Å². The topological polar surface area (TPSA) is 88.3 Å². The molecule has 1 aliphatic heterocycles. The smallest absolute Gasteiger partial charge is 0.308 e. The number of hydrogen-bond acceptors (Lipinski definition) is 4. The fourth-order valence-electron chi connectivity index (χ4n) is 2.67. The summed E-state index contributed by atoms with van der Waals surface area (Å²) < 4.78 is 1.65. The molecule has 3 rings (SSSR count). The molecule has 1 N–H and O–H groups in total. The predicted octanol–water partition coefficient (Wildman–Crippen LogP) is 0.873. The van der Waals surface area contributed by atoms with Crippen molar-refractivity contribution in [3.63, 3.8) is 0 Å². The van der Waals surface area contributed by atoms with Crippen molar-refractivity contribution in [2.24, 2.45) is 5.92 Å². The number of aromatic nitrogens is 3. The Balaban J connectivity index is 1.80. The quantitative estimate of drug-likeness (QED) is 0.905. The molecule has 0 radical (unpaired) electrons. The average molecular weight is 300 g/mol. The van der Waals surface area contributed by atoms with Crippen LogP contribution in [0, 0.1) is 5.92 Å². The van der Waals surface area contributed by atoms with E-state index in [1.54, 1.807) is 22.0 Å². The zero-order valence-electron chi connectivity index (χ0n) is 11.9. The summed E-state index contributed by atoms with van der Waals surface area (Å²) >= 11 is 0. The zero-order valence-corrected chi connectivity index (χ0v) is 11.9. The largest absolute Gasteiger partial charge is 0.481 e. The van der Waals surface area contributed by atoms with Crippen LogP contribution < -0.4 is 0 Å².